The van der Waals surface area contributed by atoms with Gasteiger partial charge in [-0.1, -0.05) is 17.7 Å². The van der Waals surface area contributed by atoms with E-state index >= 15 is 0 Å². The Morgan fingerprint density at radius 3 is 2.62 bits per heavy atom. The summed E-state index contributed by atoms with van der Waals surface area (Å²) in [6.45, 7) is 1.75. The van der Waals surface area contributed by atoms with Crippen molar-refractivity contribution in [3.05, 3.63) is 52.5 Å². The molecule has 8 nitrogen and oxygen atoms in total. The predicted octanol–water partition coefficient (Wildman–Crippen LogP) is 2.33. The van der Waals surface area contributed by atoms with Crippen molar-refractivity contribution in [3.8, 4) is 11.5 Å². The number of hydrogen-bond donors (Lipinski definition) is 1. The van der Waals surface area contributed by atoms with Crippen LogP contribution in [0.3, 0.4) is 0 Å². The Kier molecular flexibility index (Phi) is 5.99. The molecule has 0 bridgehead atoms. The molecule has 0 radical (unpaired) electrons. The molecule has 1 aliphatic heterocycles. The Balaban J connectivity index is 1.61. The van der Waals surface area contributed by atoms with Gasteiger partial charge in [0, 0.05) is 12.8 Å². The number of fused-ring (bicyclic) bond motifs is 1. The molecule has 154 valence electrons. The molecule has 0 unspecified atom stereocenters. The molecule has 0 spiro atoms. The third-order valence-electron chi connectivity index (χ3n) is 4.14. The summed E-state index contributed by atoms with van der Waals surface area (Å²) in [6.07, 6.45) is -0.105. The number of carbonyl (C=O) groups is 2. The first-order valence-electron chi connectivity index (χ1n) is 8.52. The van der Waals surface area contributed by atoms with Crippen molar-refractivity contribution in [2.24, 2.45) is 0 Å². The smallest absolute Gasteiger partial charge is 0.340 e. The second-order valence-corrected chi connectivity index (χ2v) is 8.79. The molecule has 0 aliphatic carbocycles. The molecule has 0 fully saturated rings. The summed E-state index contributed by atoms with van der Waals surface area (Å²) < 4.78 is 39.0. The lowest BCUT2D eigenvalue weighted by molar-refractivity contribution is -0.129. The van der Waals surface area contributed by atoms with E-state index in [1.165, 1.54) is 19.1 Å². The van der Waals surface area contributed by atoms with Gasteiger partial charge < -0.3 is 19.5 Å². The van der Waals surface area contributed by atoms with Crippen LogP contribution in [0.2, 0.25) is 5.02 Å². The van der Waals surface area contributed by atoms with E-state index in [1.54, 1.807) is 18.2 Å². The van der Waals surface area contributed by atoms with Crippen molar-refractivity contribution in [1.82, 2.24) is 5.32 Å². The second-order valence-electron chi connectivity index (χ2n) is 6.37. The molecule has 0 saturated heterocycles. The van der Waals surface area contributed by atoms with E-state index < -0.39 is 27.8 Å². The Labute approximate surface area is 172 Å². The summed E-state index contributed by atoms with van der Waals surface area (Å²) in [4.78, 5) is 24.5. The van der Waals surface area contributed by atoms with Gasteiger partial charge >= 0.3 is 5.97 Å². The van der Waals surface area contributed by atoms with E-state index in [1.807, 2.05) is 0 Å². The van der Waals surface area contributed by atoms with Crippen LogP contribution in [-0.4, -0.2) is 39.4 Å². The number of rotatable bonds is 6. The van der Waals surface area contributed by atoms with Crippen molar-refractivity contribution in [2.45, 2.75) is 24.5 Å². The Morgan fingerprint density at radius 2 is 1.90 bits per heavy atom. The zero-order chi connectivity index (χ0) is 21.2. The molecule has 29 heavy (non-hydrogen) atoms. The van der Waals surface area contributed by atoms with Gasteiger partial charge in [-0.15, -0.1) is 0 Å². The number of halogens is 1. The van der Waals surface area contributed by atoms with Crippen LogP contribution >= 0.6 is 11.6 Å². The minimum absolute atomic E-state index is 0.0235. The van der Waals surface area contributed by atoms with Crippen molar-refractivity contribution >= 4 is 33.3 Å². The summed E-state index contributed by atoms with van der Waals surface area (Å²) in [5, 5.41) is 2.68. The van der Waals surface area contributed by atoms with Gasteiger partial charge in [-0.05, 0) is 42.8 Å². The highest BCUT2D eigenvalue weighted by molar-refractivity contribution is 7.90. The van der Waals surface area contributed by atoms with Gasteiger partial charge in [0.25, 0.3) is 5.91 Å². The first kappa shape index (κ1) is 20.9. The van der Waals surface area contributed by atoms with E-state index in [4.69, 9.17) is 25.8 Å². The SMILES string of the molecule is C[C@@H](OC(=O)c1cc(S(C)(=O)=O)ccc1Cl)C(=O)NCc1ccc2c(c1)OCO2. The normalized spacial score (nSPS) is 13.6. The molecule has 3 rings (SSSR count). The van der Waals surface area contributed by atoms with Gasteiger partial charge in [0.05, 0.1) is 15.5 Å². The molecular weight excluding hydrogens is 422 g/mol. The maximum absolute atomic E-state index is 12.3. The summed E-state index contributed by atoms with van der Waals surface area (Å²) >= 11 is 5.97. The molecule has 0 aromatic heterocycles. The molecule has 2 aromatic carbocycles. The molecule has 1 heterocycles. The Bertz CT molecular complexity index is 1070. The largest absolute Gasteiger partial charge is 0.454 e. The highest BCUT2D eigenvalue weighted by Crippen LogP contribution is 2.32. The van der Waals surface area contributed by atoms with Crippen LogP contribution in [0.25, 0.3) is 0 Å². The van der Waals surface area contributed by atoms with E-state index in [0.717, 1.165) is 17.9 Å². The van der Waals surface area contributed by atoms with Gasteiger partial charge in [0.15, 0.2) is 27.4 Å². The number of ether oxygens (including phenoxy) is 3. The van der Waals surface area contributed by atoms with Crippen LogP contribution in [0.1, 0.15) is 22.8 Å². The van der Waals surface area contributed by atoms with Crippen molar-refractivity contribution < 1.29 is 32.2 Å². The summed E-state index contributed by atoms with van der Waals surface area (Å²) in [7, 11) is -3.53. The third kappa shape index (κ3) is 4.99. The lowest BCUT2D eigenvalue weighted by Crippen LogP contribution is -2.35. The number of benzene rings is 2. The minimum Gasteiger partial charge on any atom is -0.454 e. The monoisotopic (exact) mass is 439 g/mol. The second kappa shape index (κ2) is 8.30. The topological polar surface area (TPSA) is 108 Å². The standard InChI is InChI=1S/C19H18ClNO7S/c1-11(18(22)21-9-12-3-6-16-17(7-12)27-10-26-16)28-19(23)14-8-13(29(2,24)25)4-5-15(14)20/h3-8,11H,9-10H2,1-2H3,(H,21,22)/t11-/m1/s1. The minimum atomic E-state index is -3.53. The van der Waals surface area contributed by atoms with E-state index in [2.05, 4.69) is 5.32 Å². The maximum Gasteiger partial charge on any atom is 0.340 e. The van der Waals surface area contributed by atoms with Crippen molar-refractivity contribution in [3.63, 3.8) is 0 Å². The molecule has 2 aromatic rings. The summed E-state index contributed by atoms with van der Waals surface area (Å²) in [5.41, 5.74) is 0.648. The molecule has 0 saturated carbocycles. The average molecular weight is 440 g/mol. The van der Waals surface area contributed by atoms with Gasteiger partial charge in [-0.3, -0.25) is 4.79 Å². The first-order valence-corrected chi connectivity index (χ1v) is 10.8. The summed E-state index contributed by atoms with van der Waals surface area (Å²) in [5.74, 6) is -0.190. The number of amides is 1. The maximum atomic E-state index is 12.3. The van der Waals surface area contributed by atoms with Crippen LogP contribution in [0.15, 0.2) is 41.3 Å². The number of sulfone groups is 1. The first-order chi connectivity index (χ1) is 13.6. The molecule has 1 amide bonds. The summed E-state index contributed by atoms with van der Waals surface area (Å²) in [6, 6.07) is 8.97. The van der Waals surface area contributed by atoms with Gasteiger partial charge in [-0.25, -0.2) is 13.2 Å². The van der Waals surface area contributed by atoms with Crippen LogP contribution in [-0.2, 0) is 25.9 Å². The fraction of sp³-hybridized carbons (Fsp3) is 0.263. The average Bonchev–Trinajstić information content (AvgIpc) is 3.13. The van der Waals surface area contributed by atoms with E-state index in [-0.39, 0.29) is 28.8 Å². The zero-order valence-corrected chi connectivity index (χ0v) is 17.2. The van der Waals surface area contributed by atoms with Crippen LogP contribution in [0.5, 0.6) is 11.5 Å². The number of hydrogen-bond acceptors (Lipinski definition) is 7. The third-order valence-corrected chi connectivity index (χ3v) is 5.58. The number of nitrogens with one attached hydrogen (secondary N) is 1. The lowest BCUT2D eigenvalue weighted by atomic mass is 10.2. The molecule has 1 aliphatic rings. The van der Waals surface area contributed by atoms with Gasteiger partial charge in [-0.2, -0.15) is 0 Å². The molecular formula is C19H18ClNO7S. The van der Waals surface area contributed by atoms with Gasteiger partial charge in [0.2, 0.25) is 6.79 Å². The quantitative estimate of drug-likeness (QED) is 0.688. The van der Waals surface area contributed by atoms with Crippen LogP contribution in [0.4, 0.5) is 0 Å². The molecule has 10 heteroatoms. The number of carbonyl (C=O) groups excluding carboxylic acids is 2. The predicted molar refractivity (Wildman–Crippen MR) is 104 cm³/mol. The van der Waals surface area contributed by atoms with Gasteiger partial charge in [0.1, 0.15) is 0 Å². The lowest BCUT2D eigenvalue weighted by Gasteiger charge is -2.14. The van der Waals surface area contributed by atoms with E-state index in [0.29, 0.717) is 11.5 Å². The Hall–Kier alpha value is -2.78. The molecule has 1 atom stereocenters. The Morgan fingerprint density at radius 1 is 1.17 bits per heavy atom. The van der Waals surface area contributed by atoms with Crippen molar-refractivity contribution in [2.75, 3.05) is 13.0 Å². The van der Waals surface area contributed by atoms with Crippen LogP contribution < -0.4 is 14.8 Å². The highest BCUT2D eigenvalue weighted by Gasteiger charge is 2.22. The fourth-order valence-corrected chi connectivity index (χ4v) is 3.39. The molecule has 1 N–H and O–H groups in total. The van der Waals surface area contributed by atoms with Crippen LogP contribution in [0, 0.1) is 0 Å². The number of esters is 1. The zero-order valence-electron chi connectivity index (χ0n) is 15.6. The van der Waals surface area contributed by atoms with Crippen molar-refractivity contribution in [1.29, 1.82) is 0 Å². The van der Waals surface area contributed by atoms with E-state index in [9.17, 15) is 18.0 Å². The highest BCUT2D eigenvalue weighted by atomic mass is 35.5. The fourth-order valence-electron chi connectivity index (χ4n) is 2.55.